The maximum absolute atomic E-state index is 12.1. The summed E-state index contributed by atoms with van der Waals surface area (Å²) in [6.45, 7) is 3.93. The molecule has 0 radical (unpaired) electrons. The van der Waals surface area contributed by atoms with Gasteiger partial charge in [0.05, 0.1) is 5.56 Å². The van der Waals surface area contributed by atoms with Crippen LogP contribution >= 0.6 is 34.7 Å². The number of benzene rings is 1. The highest BCUT2D eigenvalue weighted by atomic mass is 35.5. The highest BCUT2D eigenvalue weighted by Crippen LogP contribution is 2.39. The molecule has 1 aliphatic rings. The molecule has 0 amide bonds. The minimum atomic E-state index is -1.06. The number of carboxylic acids is 1. The number of nitriles is 1. The number of thioether (sulfide) groups is 1. The van der Waals surface area contributed by atoms with Crippen LogP contribution in [-0.4, -0.2) is 30.8 Å². The summed E-state index contributed by atoms with van der Waals surface area (Å²) in [5.41, 5.74) is 5.34. The topological polar surface area (TPSA) is 108 Å². The fraction of sp³-hybridized carbons (Fsp3) is 0.231. The van der Waals surface area contributed by atoms with Crippen LogP contribution in [0.25, 0.3) is 22.5 Å². The molecule has 0 fully saturated rings. The number of nitrogens with zero attached hydrogens (tertiary/aromatic N) is 4. The smallest absolute Gasteiger partial charge is 0.342 e. The van der Waals surface area contributed by atoms with Crippen molar-refractivity contribution in [1.82, 2.24) is 19.7 Å². The molecular weight excluding hydrogens is 514 g/mol. The van der Waals surface area contributed by atoms with Gasteiger partial charge in [0, 0.05) is 26.9 Å². The Bertz CT molecular complexity index is 1540. The number of halogens is 1. The van der Waals surface area contributed by atoms with E-state index < -0.39 is 5.97 Å². The number of carbonyl (C=O) groups is 1. The molecule has 10 heteroatoms. The van der Waals surface area contributed by atoms with Gasteiger partial charge in [-0.2, -0.15) is 5.26 Å². The van der Waals surface area contributed by atoms with Crippen LogP contribution in [0.15, 0.2) is 40.4 Å². The number of aryl methyl sites for hydroxylation is 2. The molecule has 1 aromatic carbocycles. The number of aromatic nitrogens is 4. The van der Waals surface area contributed by atoms with Gasteiger partial charge in [0.2, 0.25) is 5.16 Å². The zero-order valence-electron chi connectivity index (χ0n) is 19.6. The third kappa shape index (κ3) is 4.60. The predicted molar refractivity (Wildman–Crippen MR) is 143 cm³/mol. The summed E-state index contributed by atoms with van der Waals surface area (Å²) in [6.07, 6.45) is 5.85. The molecule has 0 spiro atoms. The van der Waals surface area contributed by atoms with Crippen LogP contribution in [0, 0.1) is 25.2 Å². The standard InChI is InChI=1S/C26H22ClN5O2S2/c1-14-11-17(15(2)32(14)24-20(13-28)19-5-3-4-6-21(19)35-24)12-22(25(33)34)36-26-29-23(30-31-26)16-7-9-18(27)10-8-16/h7-12H,3-6H2,1-2H3,(H,33,34)(H,29,30,31)/b22-12-. The second-order valence-electron chi connectivity index (χ2n) is 8.55. The van der Waals surface area contributed by atoms with Gasteiger partial charge < -0.3 is 9.67 Å². The predicted octanol–water partition coefficient (Wildman–Crippen LogP) is 6.56. The van der Waals surface area contributed by atoms with Crippen LogP contribution in [-0.2, 0) is 17.6 Å². The van der Waals surface area contributed by atoms with Crippen LogP contribution in [0.1, 0.15) is 45.8 Å². The molecule has 0 saturated heterocycles. The van der Waals surface area contributed by atoms with Crippen molar-refractivity contribution in [2.75, 3.05) is 0 Å². The van der Waals surface area contributed by atoms with Crippen molar-refractivity contribution in [3.8, 4) is 22.5 Å². The van der Waals surface area contributed by atoms with E-state index in [-0.39, 0.29) is 4.91 Å². The summed E-state index contributed by atoms with van der Waals surface area (Å²) in [4.78, 5) is 17.9. The molecular formula is C26H22ClN5O2S2. The molecule has 0 aliphatic heterocycles. The lowest BCUT2D eigenvalue weighted by Gasteiger charge is -2.10. The second kappa shape index (κ2) is 9.97. The van der Waals surface area contributed by atoms with Crippen molar-refractivity contribution >= 4 is 46.7 Å². The van der Waals surface area contributed by atoms with Gasteiger partial charge in [-0.1, -0.05) is 11.6 Å². The lowest BCUT2D eigenvalue weighted by molar-refractivity contribution is -0.131. The van der Waals surface area contributed by atoms with E-state index in [1.807, 2.05) is 32.0 Å². The zero-order valence-corrected chi connectivity index (χ0v) is 22.0. The monoisotopic (exact) mass is 535 g/mol. The molecule has 0 bridgehead atoms. The van der Waals surface area contributed by atoms with E-state index in [9.17, 15) is 15.2 Å². The van der Waals surface area contributed by atoms with E-state index in [4.69, 9.17) is 11.6 Å². The molecule has 2 N–H and O–H groups in total. The highest BCUT2D eigenvalue weighted by Gasteiger charge is 2.24. The van der Waals surface area contributed by atoms with Crippen LogP contribution < -0.4 is 0 Å². The molecule has 3 aromatic heterocycles. The normalized spacial score (nSPS) is 13.4. The quantitative estimate of drug-likeness (QED) is 0.214. The molecule has 0 saturated carbocycles. The number of nitrogens with one attached hydrogen (secondary N) is 1. The molecule has 1 aliphatic carbocycles. The lowest BCUT2D eigenvalue weighted by Crippen LogP contribution is -2.02. The van der Waals surface area contributed by atoms with Gasteiger partial charge in [-0.3, -0.25) is 5.10 Å². The van der Waals surface area contributed by atoms with Crippen molar-refractivity contribution in [1.29, 1.82) is 5.26 Å². The number of rotatable bonds is 6. The first kappa shape index (κ1) is 24.4. The molecule has 5 rings (SSSR count). The van der Waals surface area contributed by atoms with E-state index in [1.165, 1.54) is 10.4 Å². The van der Waals surface area contributed by atoms with Crippen molar-refractivity contribution in [3.63, 3.8) is 0 Å². The van der Waals surface area contributed by atoms with Crippen molar-refractivity contribution < 1.29 is 9.90 Å². The van der Waals surface area contributed by atoms with Gasteiger partial charge >= 0.3 is 5.97 Å². The van der Waals surface area contributed by atoms with E-state index in [1.54, 1.807) is 29.5 Å². The van der Waals surface area contributed by atoms with Crippen LogP contribution in [0.3, 0.4) is 0 Å². The Morgan fingerprint density at radius 3 is 2.75 bits per heavy atom. The van der Waals surface area contributed by atoms with E-state index >= 15 is 0 Å². The summed E-state index contributed by atoms with van der Waals surface area (Å²) in [5, 5.41) is 28.7. The minimum absolute atomic E-state index is 0.0999. The number of hydrogen-bond donors (Lipinski definition) is 2. The first-order valence-corrected chi connectivity index (χ1v) is 13.4. The Kier molecular flexibility index (Phi) is 6.75. The average Bonchev–Trinajstić information content (AvgIpc) is 3.54. The van der Waals surface area contributed by atoms with Gasteiger partial charge in [-0.05, 0) is 98.8 Å². The zero-order chi connectivity index (χ0) is 25.4. The Labute approximate surface area is 221 Å². The Hall–Kier alpha value is -3.32. The summed E-state index contributed by atoms with van der Waals surface area (Å²) < 4.78 is 2.07. The third-order valence-corrected chi connectivity index (χ3v) is 8.63. The first-order chi connectivity index (χ1) is 17.4. The largest absolute Gasteiger partial charge is 0.477 e. The number of aromatic amines is 1. The summed E-state index contributed by atoms with van der Waals surface area (Å²) in [5.74, 6) is -0.533. The second-order valence-corrected chi connectivity index (χ2v) is 11.1. The molecule has 0 unspecified atom stereocenters. The number of H-pyrrole nitrogens is 1. The van der Waals surface area contributed by atoms with Crippen molar-refractivity contribution in [3.05, 3.63) is 73.2 Å². The molecule has 182 valence electrons. The Morgan fingerprint density at radius 1 is 1.28 bits per heavy atom. The summed E-state index contributed by atoms with van der Waals surface area (Å²) in [6, 6.07) is 11.5. The third-order valence-electron chi connectivity index (χ3n) is 6.22. The van der Waals surface area contributed by atoms with Crippen molar-refractivity contribution in [2.45, 2.75) is 44.7 Å². The molecule has 0 atom stereocenters. The van der Waals surface area contributed by atoms with Crippen molar-refractivity contribution in [2.24, 2.45) is 0 Å². The number of thiophene rings is 1. The number of hydrogen-bond acceptors (Lipinski definition) is 6. The van der Waals surface area contributed by atoms with Gasteiger partial charge in [-0.15, -0.1) is 16.4 Å². The minimum Gasteiger partial charge on any atom is -0.477 e. The van der Waals surface area contributed by atoms with Gasteiger partial charge in [-0.25, -0.2) is 9.78 Å². The highest BCUT2D eigenvalue weighted by molar-refractivity contribution is 8.04. The molecule has 4 aromatic rings. The maximum atomic E-state index is 12.1. The Balaban J connectivity index is 1.48. The number of carboxylic acid groups (broad SMARTS) is 1. The van der Waals surface area contributed by atoms with Gasteiger partial charge in [0.1, 0.15) is 16.0 Å². The first-order valence-electron chi connectivity index (χ1n) is 11.4. The summed E-state index contributed by atoms with van der Waals surface area (Å²) >= 11 is 8.61. The Morgan fingerprint density at radius 2 is 2.03 bits per heavy atom. The molecule has 3 heterocycles. The van der Waals surface area contributed by atoms with E-state index in [2.05, 4.69) is 25.8 Å². The SMILES string of the molecule is Cc1cc(/C=C(\Sc2n[nH]c(-c3ccc(Cl)cc3)n2)C(=O)O)c(C)n1-c1sc2c(c1C#N)CCCC2. The van der Waals surface area contributed by atoms with Crippen LogP contribution in [0.5, 0.6) is 0 Å². The van der Waals surface area contributed by atoms with E-state index in [0.717, 1.165) is 70.5 Å². The summed E-state index contributed by atoms with van der Waals surface area (Å²) in [7, 11) is 0. The van der Waals surface area contributed by atoms with Crippen LogP contribution in [0.2, 0.25) is 5.02 Å². The molecule has 36 heavy (non-hydrogen) atoms. The average molecular weight is 536 g/mol. The fourth-order valence-electron chi connectivity index (χ4n) is 4.47. The van der Waals surface area contributed by atoms with Gasteiger partial charge in [0.25, 0.3) is 0 Å². The van der Waals surface area contributed by atoms with Gasteiger partial charge in [0.15, 0.2) is 5.82 Å². The van der Waals surface area contributed by atoms with Crippen LogP contribution in [0.4, 0.5) is 0 Å². The maximum Gasteiger partial charge on any atom is 0.342 e. The number of fused-ring (bicyclic) bond motifs is 1. The lowest BCUT2D eigenvalue weighted by atomic mass is 9.96. The number of aliphatic carboxylic acids is 1. The fourth-order valence-corrected chi connectivity index (χ4v) is 6.75. The van der Waals surface area contributed by atoms with E-state index in [0.29, 0.717) is 16.0 Å². The molecule has 7 nitrogen and oxygen atoms in total.